The number of hydrogen-bond donors (Lipinski definition) is 2. The van der Waals surface area contributed by atoms with Crippen LogP contribution in [0.1, 0.15) is 43.5 Å². The van der Waals surface area contributed by atoms with Crippen LogP contribution in [0.25, 0.3) is 0 Å². The maximum Gasteiger partial charge on any atom is 0.251 e. The minimum atomic E-state index is -0.742. The zero-order valence-corrected chi connectivity index (χ0v) is 11.4. The molecule has 2 N–H and O–H groups in total. The summed E-state index contributed by atoms with van der Waals surface area (Å²) in [5.41, 5.74) is -0.167. The fraction of sp³-hybridized carbons (Fsp3) is 0.500. The quantitative estimate of drug-likeness (QED) is 0.746. The molecule has 0 radical (unpaired) electrons. The van der Waals surface area contributed by atoms with Crippen LogP contribution in [-0.4, -0.2) is 19.0 Å². The molecule has 1 aromatic rings. The van der Waals surface area contributed by atoms with Gasteiger partial charge in [-0.05, 0) is 25.0 Å². The van der Waals surface area contributed by atoms with Crippen LogP contribution in [0.2, 0.25) is 0 Å². The van der Waals surface area contributed by atoms with Gasteiger partial charge in [-0.2, -0.15) is 0 Å². The van der Waals surface area contributed by atoms with E-state index in [4.69, 9.17) is 0 Å². The van der Waals surface area contributed by atoms with Crippen LogP contribution in [0.4, 0.5) is 14.5 Å². The fourth-order valence-electron chi connectivity index (χ4n) is 1.60. The molecule has 0 saturated carbocycles. The van der Waals surface area contributed by atoms with E-state index in [1.807, 2.05) is 13.8 Å². The minimum Gasteiger partial charge on any atom is -0.380 e. The van der Waals surface area contributed by atoms with E-state index in [9.17, 15) is 13.6 Å². The molecule has 1 aromatic carbocycles. The maximum atomic E-state index is 13.7. The molecule has 0 fully saturated rings. The fourth-order valence-corrected chi connectivity index (χ4v) is 1.60. The molecule has 0 saturated heterocycles. The number of anilines is 1. The van der Waals surface area contributed by atoms with Gasteiger partial charge >= 0.3 is 0 Å². The maximum absolute atomic E-state index is 13.7. The van der Waals surface area contributed by atoms with Gasteiger partial charge < -0.3 is 10.6 Å². The molecule has 5 heteroatoms. The van der Waals surface area contributed by atoms with Gasteiger partial charge in [-0.1, -0.05) is 20.3 Å². The van der Waals surface area contributed by atoms with Crippen molar-refractivity contribution in [2.45, 2.75) is 33.1 Å². The smallest absolute Gasteiger partial charge is 0.251 e. The van der Waals surface area contributed by atoms with Gasteiger partial charge in [0.05, 0.1) is 0 Å². The first kappa shape index (κ1) is 15.4. The highest BCUT2D eigenvalue weighted by atomic mass is 19.1. The molecular weight excluding hydrogens is 250 g/mol. The number of carbonyl (C=O) groups excluding carboxylic acids is 1. The van der Waals surface area contributed by atoms with E-state index in [-0.39, 0.29) is 11.3 Å². The van der Waals surface area contributed by atoms with Gasteiger partial charge in [-0.25, -0.2) is 8.78 Å². The van der Waals surface area contributed by atoms with Gasteiger partial charge in [0.25, 0.3) is 5.91 Å². The molecule has 0 aliphatic rings. The summed E-state index contributed by atoms with van der Waals surface area (Å²) in [5, 5.41) is 5.29. The molecular formula is C14H20F2N2O. The predicted octanol–water partition coefficient (Wildman–Crippen LogP) is 3.32. The molecule has 0 aromatic heterocycles. The van der Waals surface area contributed by atoms with E-state index in [1.165, 1.54) is 0 Å². The van der Waals surface area contributed by atoms with E-state index < -0.39 is 17.5 Å². The molecule has 0 bridgehead atoms. The Bertz CT molecular complexity index is 412. The monoisotopic (exact) mass is 270 g/mol. The summed E-state index contributed by atoms with van der Waals surface area (Å²) in [6, 6.07) is 2.12. The van der Waals surface area contributed by atoms with Crippen molar-refractivity contribution in [3.63, 3.8) is 0 Å². The minimum absolute atomic E-state index is 0.00755. The van der Waals surface area contributed by atoms with Gasteiger partial charge in [-0.3, -0.25) is 4.79 Å². The standard InChI is InChI=1S/C14H20F2N2O/c1-3-5-7-18-14(19)10-8-11(15)13(12(16)9-10)17-6-4-2/h8-9,17H,3-7H2,1-2H3,(H,18,19). The molecule has 106 valence electrons. The third-order valence-corrected chi connectivity index (χ3v) is 2.67. The Balaban J connectivity index is 2.79. The summed E-state index contributed by atoms with van der Waals surface area (Å²) in [5.74, 6) is -1.93. The lowest BCUT2D eigenvalue weighted by Gasteiger charge is -2.10. The highest BCUT2D eigenvalue weighted by molar-refractivity contribution is 5.94. The third kappa shape index (κ3) is 4.50. The van der Waals surface area contributed by atoms with Gasteiger partial charge in [-0.15, -0.1) is 0 Å². The van der Waals surface area contributed by atoms with Crippen LogP contribution in [0, 0.1) is 11.6 Å². The molecule has 1 rings (SSSR count). The van der Waals surface area contributed by atoms with E-state index >= 15 is 0 Å². The van der Waals surface area contributed by atoms with Crippen molar-refractivity contribution in [2.24, 2.45) is 0 Å². The zero-order valence-electron chi connectivity index (χ0n) is 11.4. The van der Waals surface area contributed by atoms with Crippen LogP contribution in [0.3, 0.4) is 0 Å². The van der Waals surface area contributed by atoms with Crippen LogP contribution >= 0.6 is 0 Å². The second kappa shape index (κ2) is 7.71. The van der Waals surface area contributed by atoms with Crippen molar-refractivity contribution in [2.75, 3.05) is 18.4 Å². The van der Waals surface area contributed by atoms with Gasteiger partial charge in [0.15, 0.2) is 0 Å². The summed E-state index contributed by atoms with van der Waals surface area (Å²) in [6.07, 6.45) is 2.55. The van der Waals surface area contributed by atoms with Crippen molar-refractivity contribution in [3.8, 4) is 0 Å². The first-order valence-electron chi connectivity index (χ1n) is 6.61. The van der Waals surface area contributed by atoms with E-state index in [0.29, 0.717) is 13.1 Å². The first-order chi connectivity index (χ1) is 9.10. The van der Waals surface area contributed by atoms with Crippen molar-refractivity contribution < 1.29 is 13.6 Å². The predicted molar refractivity (Wildman–Crippen MR) is 72.4 cm³/mol. The molecule has 0 heterocycles. The Morgan fingerprint density at radius 3 is 2.26 bits per heavy atom. The van der Waals surface area contributed by atoms with E-state index in [2.05, 4.69) is 10.6 Å². The highest BCUT2D eigenvalue weighted by Gasteiger charge is 2.14. The summed E-state index contributed by atoms with van der Waals surface area (Å²) < 4.78 is 27.4. The summed E-state index contributed by atoms with van der Waals surface area (Å²) in [7, 11) is 0. The largest absolute Gasteiger partial charge is 0.380 e. The van der Waals surface area contributed by atoms with Crippen molar-refractivity contribution in [3.05, 3.63) is 29.3 Å². The molecule has 0 aliphatic heterocycles. The number of nitrogens with one attached hydrogen (secondary N) is 2. The van der Waals surface area contributed by atoms with Crippen molar-refractivity contribution in [1.82, 2.24) is 5.32 Å². The number of halogens is 2. The molecule has 3 nitrogen and oxygen atoms in total. The molecule has 0 unspecified atom stereocenters. The van der Waals surface area contributed by atoms with E-state index in [0.717, 1.165) is 31.4 Å². The number of rotatable bonds is 7. The molecule has 0 spiro atoms. The molecule has 0 aliphatic carbocycles. The summed E-state index contributed by atoms with van der Waals surface area (Å²) >= 11 is 0. The number of hydrogen-bond acceptors (Lipinski definition) is 2. The van der Waals surface area contributed by atoms with Gasteiger partial charge in [0.2, 0.25) is 0 Å². The second-order valence-corrected chi connectivity index (χ2v) is 4.35. The molecule has 19 heavy (non-hydrogen) atoms. The Kier molecular flexibility index (Phi) is 6.25. The lowest BCUT2D eigenvalue weighted by molar-refractivity contribution is 0.0952. The van der Waals surface area contributed by atoms with Gasteiger partial charge in [0, 0.05) is 18.7 Å². The van der Waals surface area contributed by atoms with Crippen LogP contribution < -0.4 is 10.6 Å². The van der Waals surface area contributed by atoms with Crippen LogP contribution in [0.5, 0.6) is 0 Å². The lowest BCUT2D eigenvalue weighted by Crippen LogP contribution is -2.24. The second-order valence-electron chi connectivity index (χ2n) is 4.35. The Morgan fingerprint density at radius 1 is 1.11 bits per heavy atom. The molecule has 0 atom stereocenters. The summed E-state index contributed by atoms with van der Waals surface area (Å²) in [6.45, 7) is 4.89. The van der Waals surface area contributed by atoms with Crippen molar-refractivity contribution >= 4 is 11.6 Å². The highest BCUT2D eigenvalue weighted by Crippen LogP contribution is 2.20. The molecule has 1 amide bonds. The van der Waals surface area contributed by atoms with Crippen LogP contribution in [0.15, 0.2) is 12.1 Å². The Morgan fingerprint density at radius 2 is 1.74 bits per heavy atom. The van der Waals surface area contributed by atoms with Crippen molar-refractivity contribution in [1.29, 1.82) is 0 Å². The normalized spacial score (nSPS) is 10.3. The average Bonchev–Trinajstić information content (AvgIpc) is 2.38. The topological polar surface area (TPSA) is 41.1 Å². The number of unbranched alkanes of at least 4 members (excludes halogenated alkanes) is 1. The van der Waals surface area contributed by atoms with Gasteiger partial charge in [0.1, 0.15) is 17.3 Å². The van der Waals surface area contributed by atoms with Crippen LogP contribution in [-0.2, 0) is 0 Å². The average molecular weight is 270 g/mol. The SMILES string of the molecule is CCCCNC(=O)c1cc(F)c(NCCC)c(F)c1. The lowest BCUT2D eigenvalue weighted by atomic mass is 10.1. The zero-order chi connectivity index (χ0) is 14.3. The Labute approximate surface area is 112 Å². The first-order valence-corrected chi connectivity index (χ1v) is 6.61. The number of amides is 1. The number of benzene rings is 1. The number of carbonyl (C=O) groups is 1. The summed E-state index contributed by atoms with van der Waals surface area (Å²) in [4.78, 5) is 11.7. The Hall–Kier alpha value is -1.65. The van der Waals surface area contributed by atoms with E-state index in [1.54, 1.807) is 0 Å². The third-order valence-electron chi connectivity index (χ3n) is 2.67.